The number of hydrogen-bond donors (Lipinski definition) is 1. The molecule has 1 aliphatic heterocycles. The first-order valence-electron chi connectivity index (χ1n) is 10.4. The van der Waals surface area contributed by atoms with Crippen LogP contribution < -0.4 is 10.1 Å². The molecule has 8 heteroatoms. The Bertz CT molecular complexity index is 768. The van der Waals surface area contributed by atoms with Crippen molar-refractivity contribution in [3.63, 3.8) is 0 Å². The van der Waals surface area contributed by atoms with Gasteiger partial charge in [-0.2, -0.15) is 0 Å². The van der Waals surface area contributed by atoms with Gasteiger partial charge in [0.05, 0.1) is 17.5 Å². The molecule has 166 valence electrons. The van der Waals surface area contributed by atoms with Crippen molar-refractivity contribution >= 4 is 33.7 Å². The van der Waals surface area contributed by atoms with E-state index in [0.29, 0.717) is 24.8 Å². The van der Waals surface area contributed by atoms with Gasteiger partial charge in [-0.25, -0.2) is 0 Å². The van der Waals surface area contributed by atoms with Crippen molar-refractivity contribution in [2.24, 2.45) is 5.92 Å². The van der Waals surface area contributed by atoms with Crippen molar-refractivity contribution in [2.75, 3.05) is 26.3 Å². The number of carbonyl (C=O) groups excluding carboxylic acids is 3. The Kier molecular flexibility index (Phi) is 9.14. The van der Waals surface area contributed by atoms with E-state index in [0.717, 1.165) is 10.9 Å². The normalized spacial score (nSPS) is 17.5. The summed E-state index contributed by atoms with van der Waals surface area (Å²) in [5, 5.41) is 2.70. The highest BCUT2D eigenvalue weighted by atomic mass is 79.9. The number of carbonyl (C=O) groups is 3. The molecule has 2 rings (SSSR count). The van der Waals surface area contributed by atoms with Gasteiger partial charge in [-0.1, -0.05) is 33.8 Å². The van der Waals surface area contributed by atoms with Crippen molar-refractivity contribution in [3.8, 4) is 5.75 Å². The number of esters is 1. The highest BCUT2D eigenvalue weighted by Crippen LogP contribution is 2.30. The Balaban J connectivity index is 1.99. The second-order valence-corrected chi connectivity index (χ2v) is 8.82. The third kappa shape index (κ3) is 6.72. The van der Waals surface area contributed by atoms with E-state index in [1.165, 1.54) is 10.5 Å². The predicted molar refractivity (Wildman–Crippen MR) is 117 cm³/mol. The van der Waals surface area contributed by atoms with Crippen LogP contribution in [0.4, 0.5) is 0 Å². The molecule has 1 aromatic rings. The van der Waals surface area contributed by atoms with Gasteiger partial charge >= 0.3 is 5.97 Å². The van der Waals surface area contributed by atoms with Crippen LogP contribution >= 0.6 is 15.9 Å². The molecule has 1 heterocycles. The number of nitrogens with one attached hydrogen (secondary N) is 1. The van der Waals surface area contributed by atoms with Crippen LogP contribution in [0.3, 0.4) is 0 Å². The Morgan fingerprint density at radius 1 is 1.30 bits per heavy atom. The first-order valence-corrected chi connectivity index (χ1v) is 11.2. The molecule has 30 heavy (non-hydrogen) atoms. The average molecular weight is 483 g/mol. The fourth-order valence-corrected chi connectivity index (χ4v) is 3.60. The third-order valence-electron chi connectivity index (χ3n) is 5.08. The molecule has 0 aromatic heterocycles. The zero-order valence-electron chi connectivity index (χ0n) is 18.1. The monoisotopic (exact) mass is 482 g/mol. The lowest BCUT2D eigenvalue weighted by atomic mass is 9.99. The minimum absolute atomic E-state index is 0.169. The molecule has 0 spiro atoms. The number of nitrogens with zero attached hydrogens (tertiary/aromatic N) is 1. The molecule has 0 saturated carbocycles. The van der Waals surface area contributed by atoms with Gasteiger partial charge in [0, 0.05) is 13.1 Å². The Morgan fingerprint density at radius 2 is 2.03 bits per heavy atom. The van der Waals surface area contributed by atoms with E-state index < -0.39 is 12.0 Å². The summed E-state index contributed by atoms with van der Waals surface area (Å²) in [4.78, 5) is 38.5. The van der Waals surface area contributed by atoms with E-state index in [2.05, 4.69) is 35.1 Å². The fourth-order valence-electron chi connectivity index (χ4n) is 3.09. The van der Waals surface area contributed by atoms with E-state index in [1.807, 2.05) is 32.0 Å². The van der Waals surface area contributed by atoms with Crippen molar-refractivity contribution in [1.82, 2.24) is 10.2 Å². The summed E-state index contributed by atoms with van der Waals surface area (Å²) < 4.78 is 11.7. The van der Waals surface area contributed by atoms with E-state index in [-0.39, 0.29) is 37.4 Å². The second-order valence-electron chi connectivity index (χ2n) is 7.96. The minimum Gasteiger partial charge on any atom is -0.483 e. The third-order valence-corrected chi connectivity index (χ3v) is 5.70. The van der Waals surface area contributed by atoms with Crippen LogP contribution in [0.5, 0.6) is 5.75 Å². The predicted octanol–water partition coefficient (Wildman–Crippen LogP) is 3.26. The summed E-state index contributed by atoms with van der Waals surface area (Å²) in [7, 11) is 0. The van der Waals surface area contributed by atoms with E-state index >= 15 is 0 Å². The molecule has 0 bridgehead atoms. The largest absolute Gasteiger partial charge is 0.483 e. The highest BCUT2D eigenvalue weighted by Gasteiger charge is 2.35. The van der Waals surface area contributed by atoms with Gasteiger partial charge in [-0.15, -0.1) is 0 Å². The van der Waals surface area contributed by atoms with Gasteiger partial charge in [0.25, 0.3) is 5.91 Å². The maximum Gasteiger partial charge on any atom is 0.308 e. The van der Waals surface area contributed by atoms with Crippen LogP contribution in [0.25, 0.3) is 0 Å². The molecule has 1 aliphatic rings. The molecule has 1 fully saturated rings. The van der Waals surface area contributed by atoms with Crippen LogP contribution in [-0.2, 0) is 19.1 Å². The van der Waals surface area contributed by atoms with Gasteiger partial charge in [0.1, 0.15) is 11.8 Å². The number of ether oxygens (including phenoxy) is 2. The lowest BCUT2D eigenvalue weighted by Crippen LogP contribution is -2.58. The van der Waals surface area contributed by atoms with Crippen LogP contribution in [0, 0.1) is 5.92 Å². The topological polar surface area (TPSA) is 84.9 Å². The second kappa shape index (κ2) is 11.3. The SMILES string of the molecule is CCC(C)c1ccc(OCC(=O)N2CCNC(=O)C2CC(=O)OCC(C)C)c(Br)c1. The molecule has 1 aromatic carbocycles. The number of halogens is 1. The maximum absolute atomic E-state index is 12.8. The van der Waals surface area contributed by atoms with Crippen molar-refractivity contribution < 1.29 is 23.9 Å². The molecule has 0 aliphatic carbocycles. The smallest absolute Gasteiger partial charge is 0.308 e. The Hall–Kier alpha value is -2.09. The summed E-state index contributed by atoms with van der Waals surface area (Å²) in [6.45, 7) is 8.88. The summed E-state index contributed by atoms with van der Waals surface area (Å²) >= 11 is 3.50. The quantitative estimate of drug-likeness (QED) is 0.546. The number of hydrogen-bond acceptors (Lipinski definition) is 5. The minimum atomic E-state index is -0.884. The van der Waals surface area contributed by atoms with Crippen molar-refractivity contribution in [3.05, 3.63) is 28.2 Å². The van der Waals surface area contributed by atoms with E-state index in [1.54, 1.807) is 0 Å². The molecule has 2 unspecified atom stereocenters. The number of piperazine rings is 1. The Morgan fingerprint density at radius 3 is 2.67 bits per heavy atom. The van der Waals surface area contributed by atoms with Gasteiger partial charge in [0.2, 0.25) is 5.91 Å². The van der Waals surface area contributed by atoms with E-state index in [4.69, 9.17) is 9.47 Å². The summed E-state index contributed by atoms with van der Waals surface area (Å²) in [6.07, 6.45) is 0.862. The molecular weight excluding hydrogens is 452 g/mol. The lowest BCUT2D eigenvalue weighted by molar-refractivity contribution is -0.153. The molecule has 2 amide bonds. The first-order chi connectivity index (χ1) is 14.2. The van der Waals surface area contributed by atoms with Gasteiger partial charge in [0.15, 0.2) is 6.61 Å². The van der Waals surface area contributed by atoms with E-state index in [9.17, 15) is 14.4 Å². The highest BCUT2D eigenvalue weighted by molar-refractivity contribution is 9.10. The van der Waals surface area contributed by atoms with Gasteiger partial charge < -0.3 is 19.7 Å². The molecule has 7 nitrogen and oxygen atoms in total. The van der Waals surface area contributed by atoms with Crippen LogP contribution in [0.1, 0.15) is 52.0 Å². The molecule has 1 N–H and O–H groups in total. The van der Waals surface area contributed by atoms with Crippen LogP contribution in [-0.4, -0.2) is 55.0 Å². The standard InChI is InChI=1S/C22H31BrN2O5/c1-5-15(4)16-6-7-19(17(23)10-16)29-13-20(26)25-9-8-24-22(28)18(25)11-21(27)30-12-14(2)3/h6-7,10,14-15,18H,5,8-9,11-13H2,1-4H3,(H,24,28). The zero-order chi connectivity index (χ0) is 22.3. The molecular formula is C22H31BrN2O5. The Labute approximate surface area is 186 Å². The van der Waals surface area contributed by atoms with Crippen LogP contribution in [0.15, 0.2) is 22.7 Å². The molecule has 2 atom stereocenters. The molecule has 1 saturated heterocycles. The maximum atomic E-state index is 12.8. The lowest BCUT2D eigenvalue weighted by Gasteiger charge is -2.34. The van der Waals surface area contributed by atoms with Crippen molar-refractivity contribution in [2.45, 2.75) is 52.5 Å². The molecule has 0 radical (unpaired) electrons. The van der Waals surface area contributed by atoms with Gasteiger partial charge in [-0.05, 0) is 51.9 Å². The number of benzene rings is 1. The number of rotatable bonds is 9. The summed E-state index contributed by atoms with van der Waals surface area (Å²) in [5.41, 5.74) is 1.19. The zero-order valence-corrected chi connectivity index (χ0v) is 19.7. The van der Waals surface area contributed by atoms with Crippen LogP contribution in [0.2, 0.25) is 0 Å². The first kappa shape index (κ1) is 24.2. The average Bonchev–Trinajstić information content (AvgIpc) is 2.71. The van der Waals surface area contributed by atoms with Crippen molar-refractivity contribution in [1.29, 1.82) is 0 Å². The fraction of sp³-hybridized carbons (Fsp3) is 0.591. The van der Waals surface area contributed by atoms with Gasteiger partial charge in [-0.3, -0.25) is 14.4 Å². The summed E-state index contributed by atoms with van der Waals surface area (Å²) in [5.74, 6) is 0.00247. The number of amides is 2. The summed E-state index contributed by atoms with van der Waals surface area (Å²) in [6, 6.07) is 4.93.